The molecule has 0 bridgehead atoms. The molecular formula is C22H35N3O5. The summed E-state index contributed by atoms with van der Waals surface area (Å²) in [6, 6.07) is 10.1. The molecule has 1 aliphatic rings. The molecule has 1 fully saturated rings. The molecular weight excluding hydrogens is 386 g/mol. The molecule has 0 aromatic heterocycles. The average molecular weight is 422 g/mol. The van der Waals surface area contributed by atoms with E-state index in [1.54, 1.807) is 0 Å². The van der Waals surface area contributed by atoms with Gasteiger partial charge in [-0.25, -0.2) is 9.59 Å². The number of alkyl carbamates (subject to hydrolysis) is 2. The van der Waals surface area contributed by atoms with Gasteiger partial charge in [-0.1, -0.05) is 30.3 Å². The molecule has 30 heavy (non-hydrogen) atoms. The third kappa shape index (κ3) is 6.60. The van der Waals surface area contributed by atoms with Gasteiger partial charge in [0, 0.05) is 25.2 Å². The van der Waals surface area contributed by atoms with E-state index in [2.05, 4.69) is 55.4 Å². The summed E-state index contributed by atoms with van der Waals surface area (Å²) < 4.78 is 16.8. The van der Waals surface area contributed by atoms with Crippen molar-refractivity contribution in [2.75, 3.05) is 20.6 Å². The minimum atomic E-state index is -1.04. The van der Waals surface area contributed by atoms with Crippen molar-refractivity contribution in [1.82, 2.24) is 15.5 Å². The molecule has 1 aromatic carbocycles. The number of carbonyl (C=O) groups excluding carboxylic acids is 2. The van der Waals surface area contributed by atoms with Gasteiger partial charge in [0.05, 0.1) is 19.3 Å². The highest BCUT2D eigenvalue weighted by molar-refractivity contribution is 5.68. The minimum Gasteiger partial charge on any atom is -0.408 e. The van der Waals surface area contributed by atoms with E-state index in [0.29, 0.717) is 6.61 Å². The summed E-state index contributed by atoms with van der Waals surface area (Å²) in [5.41, 5.74) is 0.618. The normalized spacial score (nSPS) is 18.6. The van der Waals surface area contributed by atoms with Gasteiger partial charge in [-0.2, -0.15) is 0 Å². The van der Waals surface area contributed by atoms with Crippen LogP contribution in [0.4, 0.5) is 9.59 Å². The molecule has 168 valence electrons. The highest BCUT2D eigenvalue weighted by atomic mass is 16.7. The number of piperidine rings is 1. The lowest BCUT2D eigenvalue weighted by Crippen LogP contribution is -2.64. The maximum absolute atomic E-state index is 11.7. The van der Waals surface area contributed by atoms with Crippen LogP contribution in [0.5, 0.6) is 0 Å². The van der Waals surface area contributed by atoms with Crippen molar-refractivity contribution in [3.63, 3.8) is 0 Å². The second-order valence-corrected chi connectivity index (χ2v) is 8.80. The van der Waals surface area contributed by atoms with Crippen LogP contribution in [0.1, 0.15) is 46.1 Å². The fraction of sp³-hybridized carbons (Fsp3) is 0.636. The number of benzene rings is 1. The molecule has 2 N–H and O–H groups in total. The third-order valence-electron chi connectivity index (χ3n) is 5.46. The molecule has 0 aliphatic carbocycles. The number of hydrogen-bond acceptors (Lipinski definition) is 6. The van der Waals surface area contributed by atoms with Gasteiger partial charge in [0.25, 0.3) is 6.29 Å². The van der Waals surface area contributed by atoms with Crippen LogP contribution in [0.2, 0.25) is 0 Å². The van der Waals surface area contributed by atoms with Crippen molar-refractivity contribution in [2.45, 2.75) is 70.6 Å². The fourth-order valence-corrected chi connectivity index (χ4v) is 4.23. The Morgan fingerprint density at radius 1 is 1.00 bits per heavy atom. The first-order valence-electron chi connectivity index (χ1n) is 10.3. The van der Waals surface area contributed by atoms with E-state index in [1.165, 1.54) is 14.1 Å². The van der Waals surface area contributed by atoms with Crippen LogP contribution >= 0.6 is 0 Å². The number of hydrogen-bond donors (Lipinski definition) is 2. The van der Waals surface area contributed by atoms with E-state index < -0.39 is 18.5 Å². The number of rotatable bonds is 7. The average Bonchev–Trinajstić information content (AvgIpc) is 2.69. The van der Waals surface area contributed by atoms with Gasteiger partial charge >= 0.3 is 12.2 Å². The van der Waals surface area contributed by atoms with E-state index in [0.717, 1.165) is 18.4 Å². The number of amides is 2. The number of nitrogens with one attached hydrogen (secondary N) is 2. The zero-order chi connectivity index (χ0) is 22.4. The second kappa shape index (κ2) is 10.1. The lowest BCUT2D eigenvalue weighted by Gasteiger charge is -2.55. The topological polar surface area (TPSA) is 89.1 Å². The minimum absolute atomic E-state index is 0.0876. The fourth-order valence-electron chi connectivity index (χ4n) is 4.23. The first-order valence-corrected chi connectivity index (χ1v) is 10.3. The number of carbonyl (C=O) groups is 2. The van der Waals surface area contributed by atoms with E-state index in [9.17, 15) is 9.59 Å². The number of ether oxygens (including phenoxy) is 3. The van der Waals surface area contributed by atoms with Crippen LogP contribution in [0, 0.1) is 0 Å². The Bertz CT molecular complexity index is 672. The van der Waals surface area contributed by atoms with E-state index in [4.69, 9.17) is 14.2 Å². The van der Waals surface area contributed by atoms with Gasteiger partial charge < -0.3 is 24.8 Å². The zero-order valence-corrected chi connectivity index (χ0v) is 18.9. The first-order chi connectivity index (χ1) is 14.1. The second-order valence-electron chi connectivity index (χ2n) is 8.80. The lowest BCUT2D eigenvalue weighted by molar-refractivity contribution is -0.150. The van der Waals surface area contributed by atoms with Crippen molar-refractivity contribution < 1.29 is 23.8 Å². The highest BCUT2D eigenvalue weighted by Crippen LogP contribution is 2.40. The quantitative estimate of drug-likeness (QED) is 0.657. The SMILES string of the molecule is CNC(=O)OC(CN1C(C)(C)CC(OCc2ccccc2)CC1(C)C)OC(=O)NC. The van der Waals surface area contributed by atoms with Crippen LogP contribution in [-0.2, 0) is 20.8 Å². The van der Waals surface area contributed by atoms with Crippen molar-refractivity contribution >= 4 is 12.2 Å². The standard InChI is InChI=1S/C22H35N3O5/c1-21(2)12-17(28-15-16-10-8-7-9-11-16)13-22(3,4)25(21)14-18(29-19(26)23-5)30-20(27)24-6/h7-11,17-18H,12-15H2,1-6H3,(H,23,26)(H,24,27). The summed E-state index contributed by atoms with van der Waals surface area (Å²) in [7, 11) is 2.92. The van der Waals surface area contributed by atoms with E-state index in [-0.39, 0.29) is 23.7 Å². The van der Waals surface area contributed by atoms with Crippen molar-refractivity contribution in [1.29, 1.82) is 0 Å². The molecule has 0 atom stereocenters. The predicted molar refractivity (Wildman–Crippen MR) is 114 cm³/mol. The molecule has 2 rings (SSSR count). The maximum Gasteiger partial charge on any atom is 0.410 e. The molecule has 8 nitrogen and oxygen atoms in total. The monoisotopic (exact) mass is 421 g/mol. The highest BCUT2D eigenvalue weighted by Gasteiger charge is 2.47. The lowest BCUT2D eigenvalue weighted by atomic mass is 9.78. The molecule has 0 spiro atoms. The van der Waals surface area contributed by atoms with Crippen LogP contribution < -0.4 is 10.6 Å². The Morgan fingerprint density at radius 2 is 1.50 bits per heavy atom. The van der Waals surface area contributed by atoms with Gasteiger partial charge in [-0.3, -0.25) is 4.90 Å². The molecule has 0 radical (unpaired) electrons. The summed E-state index contributed by atoms with van der Waals surface area (Å²) in [6.45, 7) is 9.34. The molecule has 1 saturated heterocycles. The van der Waals surface area contributed by atoms with Gasteiger partial charge in [-0.15, -0.1) is 0 Å². The van der Waals surface area contributed by atoms with Gasteiger partial charge in [0.2, 0.25) is 0 Å². The van der Waals surface area contributed by atoms with E-state index in [1.807, 2.05) is 18.2 Å². The largest absolute Gasteiger partial charge is 0.410 e. The smallest absolute Gasteiger partial charge is 0.408 e. The van der Waals surface area contributed by atoms with Crippen LogP contribution in [0.3, 0.4) is 0 Å². The predicted octanol–water partition coefficient (Wildman–Crippen LogP) is 3.26. The van der Waals surface area contributed by atoms with Crippen molar-refractivity contribution in [3.8, 4) is 0 Å². The molecule has 1 aliphatic heterocycles. The Kier molecular flexibility index (Phi) is 8.09. The summed E-state index contributed by atoms with van der Waals surface area (Å²) in [6.07, 6.45) is -0.651. The molecule has 1 heterocycles. The summed E-state index contributed by atoms with van der Waals surface area (Å²) >= 11 is 0. The van der Waals surface area contributed by atoms with Gasteiger partial charge in [-0.05, 0) is 46.1 Å². The Balaban J connectivity index is 2.09. The van der Waals surface area contributed by atoms with Gasteiger partial charge in [0.1, 0.15) is 0 Å². The Hall–Kier alpha value is -2.32. The maximum atomic E-state index is 11.7. The summed E-state index contributed by atoms with van der Waals surface area (Å²) in [5.74, 6) is 0. The molecule has 2 amide bonds. The molecule has 1 aromatic rings. The molecule has 8 heteroatoms. The van der Waals surface area contributed by atoms with Gasteiger partial charge in [0.15, 0.2) is 0 Å². The summed E-state index contributed by atoms with van der Waals surface area (Å²) in [5, 5.41) is 4.79. The molecule has 0 unspecified atom stereocenters. The van der Waals surface area contributed by atoms with Crippen molar-refractivity contribution in [3.05, 3.63) is 35.9 Å². The van der Waals surface area contributed by atoms with E-state index >= 15 is 0 Å². The Morgan fingerprint density at radius 3 is 1.97 bits per heavy atom. The summed E-state index contributed by atoms with van der Waals surface area (Å²) in [4.78, 5) is 25.7. The molecule has 0 saturated carbocycles. The zero-order valence-electron chi connectivity index (χ0n) is 18.9. The third-order valence-corrected chi connectivity index (χ3v) is 5.46. The van der Waals surface area contributed by atoms with Crippen molar-refractivity contribution in [2.24, 2.45) is 0 Å². The van der Waals surface area contributed by atoms with Crippen LogP contribution in [0.15, 0.2) is 30.3 Å². The number of nitrogens with zero attached hydrogens (tertiary/aromatic N) is 1. The first kappa shape index (κ1) is 24.0. The van der Waals surface area contributed by atoms with Crippen LogP contribution in [0.25, 0.3) is 0 Å². The van der Waals surface area contributed by atoms with Crippen LogP contribution in [-0.4, -0.2) is 61.2 Å². The number of likely N-dealkylation sites (tertiary alicyclic amines) is 1. The Labute approximate surface area is 179 Å².